The molecule has 2 aliphatic rings. The lowest BCUT2D eigenvalue weighted by molar-refractivity contribution is 0.360. The molecule has 0 saturated carbocycles. The van der Waals surface area contributed by atoms with E-state index in [1.54, 1.807) is 0 Å². The van der Waals surface area contributed by atoms with Gasteiger partial charge >= 0.3 is 0 Å². The zero-order valence-corrected chi connectivity index (χ0v) is 16.0. The Balaban J connectivity index is 0.000000815. The summed E-state index contributed by atoms with van der Waals surface area (Å²) in [7, 11) is 0. The summed E-state index contributed by atoms with van der Waals surface area (Å²) >= 11 is 7.86. The minimum absolute atomic E-state index is 0.0357. The second-order valence-corrected chi connectivity index (χ2v) is 7.43. The van der Waals surface area contributed by atoms with Crippen LogP contribution >= 0.6 is 23.4 Å². The number of hydrogen-bond donors (Lipinski definition) is 1. The minimum Gasteiger partial charge on any atom is -0.301 e. The zero-order chi connectivity index (χ0) is 17.3. The number of aromatic amines is 1. The Morgan fingerprint density at radius 3 is 2.62 bits per heavy atom. The molecular formula is C19H23ClN2OS. The first-order chi connectivity index (χ1) is 11.6. The van der Waals surface area contributed by atoms with Crippen molar-refractivity contribution in [3.8, 4) is 0 Å². The summed E-state index contributed by atoms with van der Waals surface area (Å²) < 4.78 is 0. The van der Waals surface area contributed by atoms with Crippen molar-refractivity contribution in [2.24, 2.45) is 0 Å². The third kappa shape index (κ3) is 2.80. The third-order valence-electron chi connectivity index (χ3n) is 5.18. The molecule has 0 aliphatic heterocycles. The molecule has 128 valence electrons. The summed E-state index contributed by atoms with van der Waals surface area (Å²) in [5.41, 5.74) is 4.67. The highest BCUT2D eigenvalue weighted by Crippen LogP contribution is 2.48. The third-order valence-corrected chi connectivity index (χ3v) is 6.11. The molecule has 4 rings (SSSR count). The highest BCUT2D eigenvalue weighted by atomic mass is 35.5. The topological polar surface area (TPSA) is 45.8 Å². The van der Waals surface area contributed by atoms with Gasteiger partial charge in [0.15, 0.2) is 5.16 Å². The van der Waals surface area contributed by atoms with Crippen molar-refractivity contribution in [1.29, 1.82) is 0 Å². The van der Waals surface area contributed by atoms with Crippen LogP contribution in [0.3, 0.4) is 0 Å². The number of benzene rings is 1. The van der Waals surface area contributed by atoms with E-state index in [4.69, 9.17) is 11.6 Å². The van der Waals surface area contributed by atoms with Crippen LogP contribution < -0.4 is 5.56 Å². The molecule has 0 amide bonds. The molecule has 3 nitrogen and oxygen atoms in total. The zero-order valence-electron chi connectivity index (χ0n) is 14.4. The van der Waals surface area contributed by atoms with Gasteiger partial charge in [0.1, 0.15) is 0 Å². The second kappa shape index (κ2) is 6.93. The van der Waals surface area contributed by atoms with Gasteiger partial charge in [-0.1, -0.05) is 49.3 Å². The molecule has 5 heteroatoms. The predicted octanol–water partition coefficient (Wildman–Crippen LogP) is 4.54. The number of nitrogens with one attached hydrogen (secondary N) is 1. The quantitative estimate of drug-likeness (QED) is 0.598. The Morgan fingerprint density at radius 2 is 1.92 bits per heavy atom. The maximum atomic E-state index is 12.2. The van der Waals surface area contributed by atoms with Crippen LogP contribution in [-0.4, -0.2) is 16.2 Å². The largest absolute Gasteiger partial charge is 0.301 e. The molecule has 1 atom stereocenters. The number of H-pyrrole nitrogens is 1. The number of rotatable bonds is 1. The summed E-state index contributed by atoms with van der Waals surface area (Å²) in [6.45, 7) is 4.00. The molecule has 0 bridgehead atoms. The van der Waals surface area contributed by atoms with E-state index in [-0.39, 0.29) is 11.0 Å². The number of thioether (sulfide) groups is 1. The molecule has 1 unspecified atom stereocenters. The molecule has 24 heavy (non-hydrogen) atoms. The normalized spacial score (nSPS) is 21.0. The fourth-order valence-corrected chi connectivity index (χ4v) is 4.71. The van der Waals surface area contributed by atoms with Crippen molar-refractivity contribution in [1.82, 2.24) is 9.97 Å². The Morgan fingerprint density at radius 1 is 1.21 bits per heavy atom. The SMILES string of the molecule is CC.CSc1nc2c(c(=O)[nH]1)CCC1(CCc3c(Cl)cccc31)C2. The van der Waals surface area contributed by atoms with Crippen LogP contribution in [0.1, 0.15) is 49.1 Å². The average Bonchev–Trinajstić information content (AvgIpc) is 2.96. The van der Waals surface area contributed by atoms with Gasteiger partial charge in [0.2, 0.25) is 0 Å². The average molecular weight is 363 g/mol. The molecule has 0 radical (unpaired) electrons. The predicted molar refractivity (Wildman–Crippen MR) is 101 cm³/mol. The van der Waals surface area contributed by atoms with Crippen molar-refractivity contribution < 1.29 is 0 Å². The van der Waals surface area contributed by atoms with E-state index in [0.29, 0.717) is 5.16 Å². The van der Waals surface area contributed by atoms with Gasteiger partial charge in [-0.3, -0.25) is 4.79 Å². The van der Waals surface area contributed by atoms with Gasteiger partial charge in [0.05, 0.1) is 5.69 Å². The van der Waals surface area contributed by atoms with E-state index >= 15 is 0 Å². The monoisotopic (exact) mass is 362 g/mol. The highest BCUT2D eigenvalue weighted by molar-refractivity contribution is 7.98. The van der Waals surface area contributed by atoms with E-state index in [2.05, 4.69) is 16.0 Å². The number of aromatic nitrogens is 2. The van der Waals surface area contributed by atoms with Crippen LogP contribution in [0.15, 0.2) is 28.2 Å². The first-order valence-corrected chi connectivity index (χ1v) is 10.2. The summed E-state index contributed by atoms with van der Waals surface area (Å²) in [6, 6.07) is 6.23. The summed E-state index contributed by atoms with van der Waals surface area (Å²) in [6.07, 6.45) is 6.74. The van der Waals surface area contributed by atoms with Crippen molar-refractivity contribution in [3.05, 3.63) is 56.0 Å². The molecule has 1 N–H and O–H groups in total. The lowest BCUT2D eigenvalue weighted by atomic mass is 9.70. The van der Waals surface area contributed by atoms with Gasteiger partial charge in [-0.05, 0) is 55.6 Å². The van der Waals surface area contributed by atoms with Gasteiger partial charge in [0, 0.05) is 16.0 Å². The standard InChI is InChI=1S/C17H17ClN2OS.C2H6/c1-22-16-19-14-9-17(8-6-11(14)15(21)20-16)7-5-10-12(17)3-2-4-13(10)18;1-2/h2-4H,5-9H2,1H3,(H,19,20,21);1-2H3. The first kappa shape index (κ1) is 17.6. The summed E-state index contributed by atoms with van der Waals surface area (Å²) in [5, 5.41) is 1.59. The van der Waals surface area contributed by atoms with Gasteiger partial charge in [-0.25, -0.2) is 4.98 Å². The van der Waals surface area contributed by atoms with E-state index in [1.807, 2.05) is 32.2 Å². The van der Waals surface area contributed by atoms with Gasteiger partial charge in [-0.15, -0.1) is 0 Å². The number of nitrogens with zero attached hydrogens (tertiary/aromatic N) is 1. The van der Waals surface area contributed by atoms with Crippen LogP contribution in [0.4, 0.5) is 0 Å². The fraction of sp³-hybridized carbons (Fsp3) is 0.474. The van der Waals surface area contributed by atoms with E-state index in [1.165, 1.54) is 22.9 Å². The molecular weight excluding hydrogens is 340 g/mol. The molecule has 0 fully saturated rings. The molecule has 1 aromatic heterocycles. The number of fused-ring (bicyclic) bond motifs is 3. The summed E-state index contributed by atoms with van der Waals surface area (Å²) in [4.78, 5) is 19.8. The molecule has 2 aromatic rings. The van der Waals surface area contributed by atoms with E-state index < -0.39 is 0 Å². The summed E-state index contributed by atoms with van der Waals surface area (Å²) in [5.74, 6) is 0. The fourth-order valence-electron chi connectivity index (χ4n) is 4.05. The maximum absolute atomic E-state index is 12.2. The van der Waals surface area contributed by atoms with E-state index in [0.717, 1.165) is 48.4 Å². The highest BCUT2D eigenvalue weighted by Gasteiger charge is 2.42. The van der Waals surface area contributed by atoms with Crippen molar-refractivity contribution in [2.75, 3.05) is 6.26 Å². The van der Waals surface area contributed by atoms with Crippen LogP contribution in [0.5, 0.6) is 0 Å². The minimum atomic E-state index is 0.0357. The Kier molecular flexibility index (Phi) is 5.07. The van der Waals surface area contributed by atoms with Crippen LogP contribution in [0, 0.1) is 0 Å². The molecule has 1 spiro atoms. The van der Waals surface area contributed by atoms with E-state index in [9.17, 15) is 4.79 Å². The number of halogens is 1. The smallest absolute Gasteiger partial charge is 0.254 e. The van der Waals surface area contributed by atoms with Gasteiger partial charge in [0.25, 0.3) is 5.56 Å². The van der Waals surface area contributed by atoms with Crippen LogP contribution in [-0.2, 0) is 24.7 Å². The lowest BCUT2D eigenvalue weighted by Gasteiger charge is -2.35. The molecule has 1 heterocycles. The Bertz CT molecular complexity index is 817. The molecule has 1 aromatic carbocycles. The Hall–Kier alpha value is -1.26. The van der Waals surface area contributed by atoms with Crippen molar-refractivity contribution in [2.45, 2.75) is 56.5 Å². The van der Waals surface area contributed by atoms with Gasteiger partial charge in [-0.2, -0.15) is 0 Å². The van der Waals surface area contributed by atoms with Crippen molar-refractivity contribution in [3.63, 3.8) is 0 Å². The maximum Gasteiger partial charge on any atom is 0.254 e. The van der Waals surface area contributed by atoms with Gasteiger partial charge < -0.3 is 4.98 Å². The van der Waals surface area contributed by atoms with Crippen LogP contribution in [0.25, 0.3) is 0 Å². The molecule has 0 saturated heterocycles. The van der Waals surface area contributed by atoms with Crippen molar-refractivity contribution >= 4 is 23.4 Å². The number of hydrogen-bond acceptors (Lipinski definition) is 3. The lowest BCUT2D eigenvalue weighted by Crippen LogP contribution is -2.35. The first-order valence-electron chi connectivity index (χ1n) is 8.57. The second-order valence-electron chi connectivity index (χ2n) is 6.22. The molecule has 2 aliphatic carbocycles. The Labute approximate surface area is 152 Å². The van der Waals surface area contributed by atoms with Crippen LogP contribution in [0.2, 0.25) is 5.02 Å².